The Hall–Kier alpha value is -0.279. The van der Waals surface area contributed by atoms with Crippen LogP contribution in [0.3, 0.4) is 0 Å². The average molecular weight is 342 g/mol. The van der Waals surface area contributed by atoms with Gasteiger partial charge in [0.25, 0.3) is 17.9 Å². The van der Waals surface area contributed by atoms with Crippen LogP contribution in [0.2, 0.25) is 0 Å². The van der Waals surface area contributed by atoms with Gasteiger partial charge < -0.3 is 20.8 Å². The fraction of sp³-hybridized carbons (Fsp3) is 0.500. The predicted molar refractivity (Wildman–Crippen MR) is 43.5 cm³/mol. The zero-order valence-corrected chi connectivity index (χ0v) is 11.3. The van der Waals surface area contributed by atoms with Crippen LogP contribution in [0.25, 0.3) is 0 Å². The third kappa shape index (κ3) is 17300. The second kappa shape index (κ2) is 23.0. The molecule has 0 bridgehead atoms. The normalized spacial score (nSPS) is 5.36. The van der Waals surface area contributed by atoms with Gasteiger partial charge in [0.1, 0.15) is 0 Å². The van der Waals surface area contributed by atoms with Crippen molar-refractivity contribution < 1.29 is 76.0 Å². The topological polar surface area (TPSA) is 143 Å². The zero-order chi connectivity index (χ0) is 10.7. The molecular weight excluding hydrogens is 328 g/mol. The van der Waals surface area contributed by atoms with Gasteiger partial charge in [0, 0.05) is 61.6 Å². The first-order valence-corrected chi connectivity index (χ1v) is 2.78. The molecule has 0 aliphatic carbocycles. The van der Waals surface area contributed by atoms with Gasteiger partial charge in [-0.2, -0.15) is 0 Å². The maximum Gasteiger partial charge on any atom is 0.300 e. The van der Waals surface area contributed by atoms with Crippen LogP contribution in [0, 0.1) is 40.8 Å². The monoisotopic (exact) mass is 340 g/mol. The van der Waals surface area contributed by atoms with Crippen LogP contribution in [-0.2, 0) is 14.4 Å². The molecule has 0 heterocycles. The van der Waals surface area contributed by atoms with Gasteiger partial charge in [-0.3, -0.25) is 14.4 Å². The van der Waals surface area contributed by atoms with Crippen LogP contribution in [0.4, 0.5) is 0 Å². The van der Waals surface area contributed by atoms with Gasteiger partial charge in [0.15, 0.2) is 0 Å². The second-order valence-corrected chi connectivity index (χ2v) is 1.56. The van der Waals surface area contributed by atoms with Crippen molar-refractivity contribution in [3.8, 4) is 0 Å². The molecule has 8 heteroatoms. The fourth-order valence-electron chi connectivity index (χ4n) is 0. The Bertz CT molecular complexity index is 116. The Morgan fingerprint density at radius 2 is 0.714 bits per heavy atom. The van der Waals surface area contributed by atoms with E-state index in [0.29, 0.717) is 0 Å². The molecule has 0 saturated heterocycles. The minimum absolute atomic E-state index is 0. The quantitative estimate of drug-likeness (QED) is 0.539. The first kappa shape index (κ1) is 29.2. The number of hydrogen-bond acceptors (Lipinski definition) is 3. The Kier molecular flexibility index (Phi) is 47.9. The van der Waals surface area contributed by atoms with E-state index in [1.807, 2.05) is 0 Å². The summed E-state index contributed by atoms with van der Waals surface area (Å²) in [6, 6.07) is 0. The van der Waals surface area contributed by atoms with Gasteiger partial charge in [-0.25, -0.2) is 0 Å². The smallest absolute Gasteiger partial charge is 0.300 e. The van der Waals surface area contributed by atoms with E-state index < -0.39 is 17.9 Å². The van der Waals surface area contributed by atoms with Crippen molar-refractivity contribution in [1.82, 2.24) is 0 Å². The molecule has 0 amide bonds. The van der Waals surface area contributed by atoms with Crippen LogP contribution >= 0.6 is 0 Å². The Morgan fingerprint density at radius 3 is 0.714 bits per heavy atom. The van der Waals surface area contributed by atoms with Crippen LogP contribution in [0.1, 0.15) is 20.8 Å². The van der Waals surface area contributed by atoms with Crippen molar-refractivity contribution in [3.63, 3.8) is 0 Å². The summed E-state index contributed by atoms with van der Waals surface area (Å²) in [6.07, 6.45) is 0. The molecule has 0 saturated carbocycles. The first-order valence-electron chi connectivity index (χ1n) is 2.78. The van der Waals surface area contributed by atoms with E-state index in [4.69, 9.17) is 29.7 Å². The molecule has 0 aromatic rings. The molecule has 0 atom stereocenters. The molecule has 84 valence electrons. The molecule has 0 fully saturated rings. The standard InChI is InChI=1S/3C2H4O2.Nd.H2O/c3*1-2(3)4;;/h3*1H3,(H,3,4);;1H2. The number of aliphatic carboxylic acids is 3. The maximum absolute atomic E-state index is 9.00. The van der Waals surface area contributed by atoms with E-state index in [0.717, 1.165) is 20.8 Å². The Balaban J connectivity index is -0.0000000270. The van der Waals surface area contributed by atoms with E-state index in [2.05, 4.69) is 0 Å². The molecular formula is C6H14NdO7. The predicted octanol–water partition coefficient (Wildman–Crippen LogP) is -0.552. The van der Waals surface area contributed by atoms with Crippen molar-refractivity contribution in [2.75, 3.05) is 0 Å². The van der Waals surface area contributed by atoms with E-state index in [-0.39, 0.29) is 46.3 Å². The summed E-state index contributed by atoms with van der Waals surface area (Å²) in [4.78, 5) is 27.0. The van der Waals surface area contributed by atoms with Crippen LogP contribution < -0.4 is 0 Å². The number of carbonyl (C=O) groups is 3. The maximum atomic E-state index is 9.00. The SMILES string of the molecule is CC(=O)O.CC(=O)O.CC(=O)O.O.[Nd]. The van der Waals surface area contributed by atoms with Crippen molar-refractivity contribution in [1.29, 1.82) is 0 Å². The van der Waals surface area contributed by atoms with Crippen LogP contribution in [0.5, 0.6) is 0 Å². The molecule has 0 spiro atoms. The summed E-state index contributed by atoms with van der Waals surface area (Å²) in [5.74, 6) is -2.50. The van der Waals surface area contributed by atoms with Gasteiger partial charge in [0.05, 0.1) is 0 Å². The molecule has 7 nitrogen and oxygen atoms in total. The second-order valence-electron chi connectivity index (χ2n) is 1.56. The minimum atomic E-state index is -0.833. The minimum Gasteiger partial charge on any atom is -0.481 e. The number of carboxylic acids is 3. The summed E-state index contributed by atoms with van der Waals surface area (Å²) in [6.45, 7) is 3.25. The summed E-state index contributed by atoms with van der Waals surface area (Å²) in [5, 5.41) is 22.2. The van der Waals surface area contributed by atoms with Gasteiger partial charge >= 0.3 is 0 Å². The van der Waals surface area contributed by atoms with Gasteiger partial charge in [-0.1, -0.05) is 0 Å². The first-order chi connectivity index (χ1) is 5.20. The Labute approximate surface area is 114 Å². The van der Waals surface area contributed by atoms with Gasteiger partial charge in [-0.05, 0) is 0 Å². The van der Waals surface area contributed by atoms with Gasteiger partial charge in [-0.15, -0.1) is 0 Å². The summed E-state index contributed by atoms with van der Waals surface area (Å²) in [7, 11) is 0. The summed E-state index contributed by atoms with van der Waals surface area (Å²) < 4.78 is 0. The number of rotatable bonds is 0. The molecule has 5 N–H and O–H groups in total. The molecule has 0 radical (unpaired) electrons. The average Bonchev–Trinajstić information content (AvgIpc) is 1.54. The van der Waals surface area contributed by atoms with Gasteiger partial charge in [0.2, 0.25) is 0 Å². The van der Waals surface area contributed by atoms with E-state index in [9.17, 15) is 0 Å². The van der Waals surface area contributed by atoms with Crippen molar-refractivity contribution >= 4 is 17.9 Å². The third-order valence-electron chi connectivity index (χ3n) is 0. The van der Waals surface area contributed by atoms with E-state index >= 15 is 0 Å². The molecule has 0 aromatic carbocycles. The fourth-order valence-corrected chi connectivity index (χ4v) is 0. The van der Waals surface area contributed by atoms with Crippen LogP contribution in [-0.4, -0.2) is 38.7 Å². The molecule has 0 rings (SSSR count). The largest absolute Gasteiger partial charge is 0.481 e. The van der Waals surface area contributed by atoms with Crippen molar-refractivity contribution in [3.05, 3.63) is 0 Å². The zero-order valence-electron chi connectivity index (χ0n) is 8.07. The van der Waals surface area contributed by atoms with Crippen molar-refractivity contribution in [2.45, 2.75) is 20.8 Å². The number of hydrogen-bond donors (Lipinski definition) is 3. The number of carboxylic acid groups (broad SMARTS) is 3. The Morgan fingerprint density at radius 1 is 0.714 bits per heavy atom. The summed E-state index contributed by atoms with van der Waals surface area (Å²) >= 11 is 0. The summed E-state index contributed by atoms with van der Waals surface area (Å²) in [5.41, 5.74) is 0. The molecule has 0 unspecified atom stereocenters. The van der Waals surface area contributed by atoms with Crippen LogP contribution in [0.15, 0.2) is 0 Å². The van der Waals surface area contributed by atoms with E-state index in [1.165, 1.54) is 0 Å². The molecule has 0 aliphatic rings. The third-order valence-corrected chi connectivity index (χ3v) is 0. The van der Waals surface area contributed by atoms with E-state index in [1.54, 1.807) is 0 Å². The molecule has 14 heavy (non-hydrogen) atoms. The molecule has 0 aromatic heterocycles. The molecule has 0 aliphatic heterocycles. The van der Waals surface area contributed by atoms with Crippen molar-refractivity contribution in [2.24, 2.45) is 0 Å².